The van der Waals surface area contributed by atoms with Gasteiger partial charge in [-0.1, -0.05) is 11.6 Å². The molecule has 1 rings (SSSR count). The van der Waals surface area contributed by atoms with Crippen molar-refractivity contribution in [3.8, 4) is 0 Å². The summed E-state index contributed by atoms with van der Waals surface area (Å²) in [5.74, 6) is 0. The molecule has 0 radical (unpaired) electrons. The molecule has 0 spiro atoms. The van der Waals surface area contributed by atoms with Gasteiger partial charge in [-0.15, -0.1) is 0 Å². The van der Waals surface area contributed by atoms with E-state index in [1.807, 2.05) is 0 Å². The van der Waals surface area contributed by atoms with Gasteiger partial charge in [0.15, 0.2) is 5.06 Å². The predicted octanol–water partition coefficient (Wildman–Crippen LogP) is 0.567. The van der Waals surface area contributed by atoms with E-state index in [4.69, 9.17) is 11.6 Å². The van der Waals surface area contributed by atoms with E-state index in [0.717, 1.165) is 0 Å². The quantitative estimate of drug-likeness (QED) is 0.481. The molecule has 2 unspecified atom stereocenters. The standard InChI is InChI=1S/C3H5ClO3S/c1-3(4)2-6-8(5)7-3/h2H2,1H3. The van der Waals surface area contributed by atoms with Crippen molar-refractivity contribution < 1.29 is 12.6 Å². The van der Waals surface area contributed by atoms with E-state index in [0.29, 0.717) is 0 Å². The summed E-state index contributed by atoms with van der Waals surface area (Å²) in [7, 11) is 0. The normalized spacial score (nSPS) is 47.5. The van der Waals surface area contributed by atoms with Crippen molar-refractivity contribution >= 4 is 23.0 Å². The highest BCUT2D eigenvalue weighted by Gasteiger charge is 2.33. The molecule has 1 aliphatic rings. The molecule has 0 aromatic heterocycles. The van der Waals surface area contributed by atoms with E-state index in [9.17, 15) is 4.21 Å². The molecule has 1 heterocycles. The van der Waals surface area contributed by atoms with E-state index < -0.39 is 16.4 Å². The van der Waals surface area contributed by atoms with Crippen LogP contribution in [0.5, 0.6) is 0 Å². The molecular formula is C3H5ClO3S. The second kappa shape index (κ2) is 1.95. The highest BCUT2D eigenvalue weighted by atomic mass is 35.5. The second-order valence-electron chi connectivity index (χ2n) is 1.65. The largest absolute Gasteiger partial charge is 0.306 e. The van der Waals surface area contributed by atoms with Crippen molar-refractivity contribution in [2.45, 2.75) is 12.0 Å². The molecule has 1 aliphatic heterocycles. The predicted molar refractivity (Wildman–Crippen MR) is 29.4 cm³/mol. The van der Waals surface area contributed by atoms with E-state index in [2.05, 4.69) is 8.37 Å². The molecule has 0 aromatic carbocycles. The van der Waals surface area contributed by atoms with Gasteiger partial charge in [0.05, 0.1) is 0 Å². The molecule has 0 aliphatic carbocycles. The van der Waals surface area contributed by atoms with Gasteiger partial charge in [0.2, 0.25) is 0 Å². The first kappa shape index (κ1) is 6.48. The van der Waals surface area contributed by atoms with E-state index in [-0.39, 0.29) is 6.61 Å². The van der Waals surface area contributed by atoms with Crippen molar-refractivity contribution in [3.05, 3.63) is 0 Å². The Labute approximate surface area is 54.8 Å². The Morgan fingerprint density at radius 1 is 1.88 bits per heavy atom. The third kappa shape index (κ3) is 1.42. The first-order valence-electron chi connectivity index (χ1n) is 2.04. The monoisotopic (exact) mass is 156 g/mol. The zero-order valence-corrected chi connectivity index (χ0v) is 5.79. The van der Waals surface area contributed by atoms with E-state index in [1.54, 1.807) is 6.92 Å². The minimum Gasteiger partial charge on any atom is -0.264 e. The molecule has 2 atom stereocenters. The van der Waals surface area contributed by atoms with E-state index >= 15 is 0 Å². The van der Waals surface area contributed by atoms with Gasteiger partial charge in [0.25, 0.3) is 0 Å². The zero-order chi connectivity index (χ0) is 6.20. The number of hydrogen-bond acceptors (Lipinski definition) is 3. The van der Waals surface area contributed by atoms with Crippen LogP contribution in [0.25, 0.3) is 0 Å². The van der Waals surface area contributed by atoms with Crippen LogP contribution in [0.2, 0.25) is 0 Å². The lowest BCUT2D eigenvalue weighted by atomic mass is 10.4. The lowest BCUT2D eigenvalue weighted by Gasteiger charge is -2.05. The van der Waals surface area contributed by atoms with Gasteiger partial charge in [-0.25, -0.2) is 4.18 Å². The third-order valence-corrected chi connectivity index (χ3v) is 1.75. The Kier molecular flexibility index (Phi) is 1.58. The first-order chi connectivity index (χ1) is 3.60. The van der Waals surface area contributed by atoms with Gasteiger partial charge < -0.3 is 0 Å². The minimum atomic E-state index is -1.62. The summed E-state index contributed by atoms with van der Waals surface area (Å²) in [5, 5.41) is -0.884. The summed E-state index contributed by atoms with van der Waals surface area (Å²) in [6.45, 7) is 1.78. The van der Waals surface area contributed by atoms with Crippen LogP contribution < -0.4 is 0 Å². The zero-order valence-electron chi connectivity index (χ0n) is 4.22. The summed E-state index contributed by atoms with van der Waals surface area (Å²) >= 11 is 3.90. The molecule has 5 heteroatoms. The molecular weight excluding hydrogens is 152 g/mol. The number of halogens is 1. The summed E-state index contributed by atoms with van der Waals surface area (Å²) < 4.78 is 19.3. The van der Waals surface area contributed by atoms with Crippen LogP contribution in [-0.2, 0) is 19.7 Å². The summed E-state index contributed by atoms with van der Waals surface area (Å²) in [5.41, 5.74) is 0. The lowest BCUT2D eigenvalue weighted by molar-refractivity contribution is 0.215. The van der Waals surface area contributed by atoms with Crippen molar-refractivity contribution in [3.63, 3.8) is 0 Å². The van der Waals surface area contributed by atoms with Gasteiger partial charge in [0.1, 0.15) is 6.61 Å². The van der Waals surface area contributed by atoms with Crippen LogP contribution in [0.1, 0.15) is 6.92 Å². The Hall–Kier alpha value is 0.360. The lowest BCUT2D eigenvalue weighted by Crippen LogP contribution is -2.17. The van der Waals surface area contributed by atoms with Crippen LogP contribution in [-0.4, -0.2) is 15.9 Å². The molecule has 1 fully saturated rings. The molecule has 48 valence electrons. The Balaban J connectivity index is 2.56. The number of rotatable bonds is 0. The maximum absolute atomic E-state index is 10.2. The molecule has 0 saturated carbocycles. The van der Waals surface area contributed by atoms with Crippen molar-refractivity contribution in [2.75, 3.05) is 6.61 Å². The van der Waals surface area contributed by atoms with Crippen LogP contribution in [0.3, 0.4) is 0 Å². The summed E-state index contributed by atoms with van der Waals surface area (Å²) in [6.07, 6.45) is 0. The van der Waals surface area contributed by atoms with E-state index in [1.165, 1.54) is 0 Å². The first-order valence-corrected chi connectivity index (χ1v) is 3.41. The SMILES string of the molecule is CC1(Cl)COS(=O)O1. The van der Waals surface area contributed by atoms with Crippen molar-refractivity contribution in [1.29, 1.82) is 0 Å². The average molecular weight is 157 g/mol. The van der Waals surface area contributed by atoms with Crippen molar-refractivity contribution in [1.82, 2.24) is 0 Å². The van der Waals surface area contributed by atoms with Crippen LogP contribution >= 0.6 is 11.6 Å². The van der Waals surface area contributed by atoms with Gasteiger partial charge in [0, 0.05) is 0 Å². The second-order valence-corrected chi connectivity index (χ2v) is 3.26. The molecule has 0 amide bonds. The van der Waals surface area contributed by atoms with Crippen LogP contribution in [0.4, 0.5) is 0 Å². The fraction of sp³-hybridized carbons (Fsp3) is 1.00. The fourth-order valence-corrected chi connectivity index (χ4v) is 1.32. The fourth-order valence-electron chi connectivity index (χ4n) is 0.343. The molecule has 0 bridgehead atoms. The molecule has 1 saturated heterocycles. The highest BCUT2D eigenvalue weighted by Crippen LogP contribution is 2.24. The van der Waals surface area contributed by atoms with Gasteiger partial charge in [-0.2, -0.15) is 4.21 Å². The maximum Gasteiger partial charge on any atom is 0.306 e. The van der Waals surface area contributed by atoms with Gasteiger partial charge in [-0.05, 0) is 6.92 Å². The topological polar surface area (TPSA) is 35.5 Å². The number of alkyl halides is 1. The van der Waals surface area contributed by atoms with Gasteiger partial charge in [-0.3, -0.25) is 4.18 Å². The average Bonchev–Trinajstić information content (AvgIpc) is 1.82. The third-order valence-electron chi connectivity index (χ3n) is 0.655. The Morgan fingerprint density at radius 2 is 2.50 bits per heavy atom. The molecule has 3 nitrogen and oxygen atoms in total. The number of hydrogen-bond donors (Lipinski definition) is 0. The van der Waals surface area contributed by atoms with Crippen LogP contribution in [0, 0.1) is 0 Å². The van der Waals surface area contributed by atoms with Gasteiger partial charge >= 0.3 is 11.4 Å². The maximum atomic E-state index is 10.2. The van der Waals surface area contributed by atoms with Crippen LogP contribution in [0.15, 0.2) is 0 Å². The molecule has 0 N–H and O–H groups in total. The molecule has 0 aromatic rings. The summed E-state index contributed by atoms with van der Waals surface area (Å²) in [4.78, 5) is 0. The van der Waals surface area contributed by atoms with Crippen molar-refractivity contribution in [2.24, 2.45) is 0 Å². The minimum absolute atomic E-state index is 0.182. The smallest absolute Gasteiger partial charge is 0.264 e. The highest BCUT2D eigenvalue weighted by molar-refractivity contribution is 7.75. The molecule has 8 heavy (non-hydrogen) atoms. The Morgan fingerprint density at radius 3 is 2.62 bits per heavy atom. The Bertz CT molecular complexity index is 124. The summed E-state index contributed by atoms with van der Waals surface area (Å²) in [6, 6.07) is 0.